The number of halogens is 5. The molecule has 0 spiro atoms. The molecule has 1 aromatic rings. The SMILES string of the molecule is NC(=O)C1=C[N+](C(N)=O)(c2ccc(Cl)cc2Cl)CCC1C(F)(F)F. The molecular formula is C14H13Cl2F3N3O2+. The number of nitrogens with zero attached hydrogens (tertiary/aromatic N) is 1. The maximum absolute atomic E-state index is 13.1. The highest BCUT2D eigenvalue weighted by molar-refractivity contribution is 6.36. The molecule has 1 aromatic carbocycles. The molecule has 0 aliphatic carbocycles. The zero-order valence-corrected chi connectivity index (χ0v) is 13.6. The van der Waals surface area contributed by atoms with Gasteiger partial charge in [-0.3, -0.25) is 4.79 Å². The van der Waals surface area contributed by atoms with Gasteiger partial charge in [0.15, 0.2) is 5.69 Å². The van der Waals surface area contributed by atoms with Crippen LogP contribution in [0.15, 0.2) is 30.0 Å². The highest BCUT2D eigenvalue weighted by atomic mass is 35.5. The van der Waals surface area contributed by atoms with Crippen LogP contribution in [0, 0.1) is 5.92 Å². The molecule has 5 nitrogen and oxygen atoms in total. The van der Waals surface area contributed by atoms with E-state index in [2.05, 4.69) is 0 Å². The number of primary amides is 2. The summed E-state index contributed by atoms with van der Waals surface area (Å²) in [5.74, 6) is -3.34. The minimum absolute atomic E-state index is 0.0341. The van der Waals surface area contributed by atoms with Gasteiger partial charge < -0.3 is 11.5 Å². The number of hydrogen-bond acceptors (Lipinski definition) is 2. The molecule has 2 unspecified atom stereocenters. The molecule has 0 aromatic heterocycles. The molecule has 3 amide bonds. The van der Waals surface area contributed by atoms with Gasteiger partial charge in [-0.25, -0.2) is 4.79 Å². The zero-order chi connectivity index (χ0) is 18.3. The van der Waals surface area contributed by atoms with Crippen molar-refractivity contribution in [2.45, 2.75) is 12.6 Å². The molecule has 0 bridgehead atoms. The van der Waals surface area contributed by atoms with Gasteiger partial charge in [-0.15, -0.1) is 0 Å². The molecule has 10 heteroatoms. The average Bonchev–Trinajstić information content (AvgIpc) is 2.45. The van der Waals surface area contributed by atoms with Crippen LogP contribution in [0.1, 0.15) is 6.42 Å². The second-order valence-electron chi connectivity index (χ2n) is 5.36. The van der Waals surface area contributed by atoms with Crippen molar-refractivity contribution in [2.24, 2.45) is 17.4 Å². The number of rotatable bonds is 2. The Morgan fingerprint density at radius 3 is 2.29 bits per heavy atom. The molecule has 4 N–H and O–H groups in total. The Morgan fingerprint density at radius 1 is 1.21 bits per heavy atom. The van der Waals surface area contributed by atoms with Gasteiger partial charge >= 0.3 is 12.2 Å². The van der Waals surface area contributed by atoms with E-state index in [0.717, 1.165) is 6.20 Å². The van der Waals surface area contributed by atoms with Crippen molar-refractivity contribution in [3.63, 3.8) is 0 Å². The maximum Gasteiger partial charge on any atom is 0.423 e. The fourth-order valence-corrected chi connectivity index (χ4v) is 3.30. The monoisotopic (exact) mass is 382 g/mol. The summed E-state index contributed by atoms with van der Waals surface area (Å²) in [5.41, 5.74) is 9.91. The van der Waals surface area contributed by atoms with Gasteiger partial charge in [-0.2, -0.15) is 17.7 Å². The first-order chi connectivity index (χ1) is 11.0. The maximum atomic E-state index is 13.1. The highest BCUT2D eigenvalue weighted by Gasteiger charge is 2.52. The molecule has 24 heavy (non-hydrogen) atoms. The second kappa shape index (κ2) is 6.27. The molecule has 0 saturated heterocycles. The zero-order valence-electron chi connectivity index (χ0n) is 12.1. The van der Waals surface area contributed by atoms with Crippen LogP contribution < -0.4 is 16.0 Å². The van der Waals surface area contributed by atoms with Gasteiger partial charge in [0.05, 0.1) is 18.0 Å². The number of alkyl halides is 3. The van der Waals surface area contributed by atoms with Crippen LogP contribution in [0.25, 0.3) is 0 Å². The van der Waals surface area contributed by atoms with E-state index in [1.54, 1.807) is 0 Å². The lowest BCUT2D eigenvalue weighted by Crippen LogP contribution is -2.58. The predicted molar refractivity (Wildman–Crippen MR) is 84.1 cm³/mol. The summed E-state index contributed by atoms with van der Waals surface area (Å²) in [7, 11) is 0. The molecule has 0 radical (unpaired) electrons. The topological polar surface area (TPSA) is 86.2 Å². The van der Waals surface area contributed by atoms with Crippen LogP contribution in [0.2, 0.25) is 10.0 Å². The summed E-state index contributed by atoms with van der Waals surface area (Å²) >= 11 is 11.9. The molecule has 2 atom stereocenters. The van der Waals surface area contributed by atoms with Crippen LogP contribution in [-0.2, 0) is 4.79 Å². The summed E-state index contributed by atoms with van der Waals surface area (Å²) in [6.45, 7) is -0.322. The first-order valence-electron chi connectivity index (χ1n) is 6.71. The van der Waals surface area contributed by atoms with Crippen molar-refractivity contribution in [1.29, 1.82) is 0 Å². The fraction of sp³-hybridized carbons (Fsp3) is 0.286. The first kappa shape index (κ1) is 18.6. The summed E-state index contributed by atoms with van der Waals surface area (Å²) < 4.78 is 38.5. The van der Waals surface area contributed by atoms with Crippen molar-refractivity contribution in [2.75, 3.05) is 6.54 Å². The van der Waals surface area contributed by atoms with E-state index in [1.807, 2.05) is 0 Å². The third-order valence-corrected chi connectivity index (χ3v) is 4.46. The Bertz CT molecular complexity index is 736. The number of benzene rings is 1. The quantitative estimate of drug-likeness (QED) is 0.768. The van der Waals surface area contributed by atoms with Crippen molar-refractivity contribution in [1.82, 2.24) is 4.48 Å². The van der Waals surface area contributed by atoms with Crippen molar-refractivity contribution >= 4 is 40.8 Å². The van der Waals surface area contributed by atoms with E-state index in [1.165, 1.54) is 18.2 Å². The largest absolute Gasteiger partial charge is 0.423 e. The third kappa shape index (κ3) is 3.22. The molecule has 130 valence electrons. The van der Waals surface area contributed by atoms with E-state index in [9.17, 15) is 22.8 Å². The minimum Gasteiger partial charge on any atom is -0.366 e. The summed E-state index contributed by atoms with van der Waals surface area (Å²) in [6.07, 6.45) is -4.38. The lowest BCUT2D eigenvalue weighted by Gasteiger charge is -2.37. The second-order valence-corrected chi connectivity index (χ2v) is 6.20. The Kier molecular flexibility index (Phi) is 4.85. The Balaban J connectivity index is 2.69. The van der Waals surface area contributed by atoms with Gasteiger partial charge in [-0.1, -0.05) is 23.2 Å². The molecule has 0 saturated carbocycles. The van der Waals surface area contributed by atoms with Crippen LogP contribution in [-0.4, -0.2) is 24.7 Å². The van der Waals surface area contributed by atoms with Gasteiger partial charge in [0.25, 0.3) is 5.91 Å². The lowest BCUT2D eigenvalue weighted by atomic mass is 9.90. The van der Waals surface area contributed by atoms with E-state index in [0.29, 0.717) is 0 Å². The number of amides is 3. The Labute approximate surface area is 145 Å². The van der Waals surface area contributed by atoms with Crippen molar-refractivity contribution < 1.29 is 22.8 Å². The van der Waals surface area contributed by atoms with E-state index >= 15 is 0 Å². The summed E-state index contributed by atoms with van der Waals surface area (Å²) in [6, 6.07) is 3.13. The average molecular weight is 383 g/mol. The van der Waals surface area contributed by atoms with E-state index in [4.69, 9.17) is 34.7 Å². The number of hydrogen-bond donors (Lipinski definition) is 2. The number of carbonyl (C=O) groups is 2. The van der Waals surface area contributed by atoms with Crippen molar-refractivity contribution in [3.05, 3.63) is 40.0 Å². The van der Waals surface area contributed by atoms with Gasteiger partial charge in [-0.05, 0) is 12.1 Å². The van der Waals surface area contributed by atoms with E-state index in [-0.39, 0.29) is 22.3 Å². The van der Waals surface area contributed by atoms with Gasteiger partial charge in [0, 0.05) is 17.5 Å². The fourth-order valence-electron chi connectivity index (χ4n) is 2.74. The lowest BCUT2D eigenvalue weighted by molar-refractivity contribution is -0.169. The highest BCUT2D eigenvalue weighted by Crippen LogP contribution is 2.43. The number of quaternary nitrogens is 1. The molecule has 1 aliphatic rings. The van der Waals surface area contributed by atoms with E-state index < -0.39 is 40.5 Å². The standard InChI is InChI=1S/C14H12Cl2F3N3O2/c15-7-1-2-11(10(16)5-7)22(13(21)24)4-3-9(14(17,18)19)8(6-22)12(20)23/h1-2,5-6,9H,3-4H2,(H3-,20,21,23,24)/p+1. The minimum atomic E-state index is -4.67. The van der Waals surface area contributed by atoms with Crippen molar-refractivity contribution in [3.8, 4) is 0 Å². The van der Waals surface area contributed by atoms with Gasteiger partial charge in [0.1, 0.15) is 11.2 Å². The predicted octanol–water partition coefficient (Wildman–Crippen LogP) is 3.33. The van der Waals surface area contributed by atoms with Crippen LogP contribution in [0.5, 0.6) is 0 Å². The molecule has 1 aliphatic heterocycles. The van der Waals surface area contributed by atoms with Gasteiger partial charge in [0.2, 0.25) is 0 Å². The summed E-state index contributed by atoms with van der Waals surface area (Å²) in [5, 5.41) is 0.308. The Morgan fingerprint density at radius 2 is 1.83 bits per heavy atom. The summed E-state index contributed by atoms with van der Waals surface area (Å²) in [4.78, 5) is 23.6. The van der Waals surface area contributed by atoms with Crippen LogP contribution >= 0.6 is 23.2 Å². The normalized spacial score (nSPS) is 24.4. The molecule has 2 rings (SSSR count). The number of carbonyl (C=O) groups excluding carboxylic acids is 2. The first-order valence-corrected chi connectivity index (χ1v) is 7.47. The third-order valence-electron chi connectivity index (χ3n) is 3.92. The number of nitrogens with two attached hydrogens (primary N) is 2. The van der Waals surface area contributed by atoms with Crippen LogP contribution in [0.3, 0.4) is 0 Å². The molecule has 0 fully saturated rings. The molecule has 1 heterocycles. The molecular weight excluding hydrogens is 370 g/mol. The smallest absolute Gasteiger partial charge is 0.366 e. The van der Waals surface area contributed by atoms with Crippen LogP contribution in [0.4, 0.5) is 23.7 Å². The number of urea groups is 1. The Hall–Kier alpha value is -1.77.